The van der Waals surface area contributed by atoms with Crippen molar-refractivity contribution in [2.75, 3.05) is 11.4 Å². The standard InChI is InChI=1S/C16H24ClN3/c1-3-14-18-15(17)11(2)16(19-14)20-10-6-8-12-7-4-5-9-13(12)20/h12-13H,3-10H2,1-2H3. The highest BCUT2D eigenvalue weighted by Crippen LogP contribution is 2.38. The van der Waals surface area contributed by atoms with Crippen molar-refractivity contribution in [2.45, 2.75) is 64.8 Å². The highest BCUT2D eigenvalue weighted by atomic mass is 35.5. The lowest BCUT2D eigenvalue weighted by Gasteiger charge is -2.45. The van der Waals surface area contributed by atoms with Gasteiger partial charge in [-0.2, -0.15) is 0 Å². The van der Waals surface area contributed by atoms with E-state index in [-0.39, 0.29) is 0 Å². The third-order valence-electron chi connectivity index (χ3n) is 4.94. The van der Waals surface area contributed by atoms with E-state index in [0.717, 1.165) is 36.1 Å². The molecule has 3 rings (SSSR count). The minimum Gasteiger partial charge on any atom is -0.353 e. The zero-order valence-corrected chi connectivity index (χ0v) is 13.3. The van der Waals surface area contributed by atoms with Crippen molar-refractivity contribution in [1.29, 1.82) is 0 Å². The number of aryl methyl sites for hydroxylation is 1. The Morgan fingerprint density at radius 1 is 1.15 bits per heavy atom. The molecule has 2 unspecified atom stereocenters. The Bertz CT molecular complexity index is 487. The first-order chi connectivity index (χ1) is 9.70. The molecule has 3 nitrogen and oxygen atoms in total. The summed E-state index contributed by atoms with van der Waals surface area (Å²) in [4.78, 5) is 11.7. The quantitative estimate of drug-likeness (QED) is 0.767. The molecular weight excluding hydrogens is 270 g/mol. The smallest absolute Gasteiger partial charge is 0.137 e. The first kappa shape index (κ1) is 14.1. The van der Waals surface area contributed by atoms with Gasteiger partial charge in [-0.15, -0.1) is 0 Å². The number of fused-ring (bicyclic) bond motifs is 1. The van der Waals surface area contributed by atoms with Crippen LogP contribution in [0, 0.1) is 12.8 Å². The third-order valence-corrected chi connectivity index (χ3v) is 5.31. The van der Waals surface area contributed by atoms with Gasteiger partial charge in [0.2, 0.25) is 0 Å². The fraction of sp³-hybridized carbons (Fsp3) is 0.750. The molecular formula is C16H24ClN3. The van der Waals surface area contributed by atoms with Crippen molar-refractivity contribution in [2.24, 2.45) is 5.92 Å². The van der Waals surface area contributed by atoms with E-state index < -0.39 is 0 Å². The van der Waals surface area contributed by atoms with Gasteiger partial charge >= 0.3 is 0 Å². The molecule has 0 amide bonds. The van der Waals surface area contributed by atoms with Crippen molar-refractivity contribution >= 4 is 17.4 Å². The fourth-order valence-electron chi connectivity index (χ4n) is 3.85. The second-order valence-corrected chi connectivity index (χ2v) is 6.54. The SMILES string of the molecule is CCc1nc(Cl)c(C)c(N2CCCC3CCCCC32)n1. The van der Waals surface area contributed by atoms with Crippen LogP contribution in [0.5, 0.6) is 0 Å². The van der Waals surface area contributed by atoms with Crippen LogP contribution in [0.4, 0.5) is 5.82 Å². The lowest BCUT2D eigenvalue weighted by atomic mass is 9.78. The molecule has 1 aromatic heterocycles. The Balaban J connectivity index is 1.96. The monoisotopic (exact) mass is 293 g/mol. The number of hydrogen-bond donors (Lipinski definition) is 0. The van der Waals surface area contributed by atoms with Crippen LogP contribution in [0.3, 0.4) is 0 Å². The van der Waals surface area contributed by atoms with Crippen LogP contribution >= 0.6 is 11.6 Å². The zero-order chi connectivity index (χ0) is 14.1. The van der Waals surface area contributed by atoms with Crippen molar-refractivity contribution in [3.8, 4) is 0 Å². The number of nitrogens with zero attached hydrogens (tertiary/aromatic N) is 3. The van der Waals surface area contributed by atoms with Gasteiger partial charge in [-0.25, -0.2) is 9.97 Å². The summed E-state index contributed by atoms with van der Waals surface area (Å²) in [6, 6.07) is 0.673. The van der Waals surface area contributed by atoms with Gasteiger partial charge in [0, 0.05) is 24.6 Å². The van der Waals surface area contributed by atoms with E-state index in [9.17, 15) is 0 Å². The van der Waals surface area contributed by atoms with E-state index in [1.54, 1.807) is 0 Å². The lowest BCUT2D eigenvalue weighted by Crippen LogP contribution is -2.47. The van der Waals surface area contributed by atoms with Crippen molar-refractivity contribution in [3.05, 3.63) is 16.5 Å². The molecule has 0 aromatic carbocycles. The van der Waals surface area contributed by atoms with Crippen LogP contribution in [0.2, 0.25) is 5.15 Å². The van der Waals surface area contributed by atoms with Crippen LogP contribution in [0.1, 0.15) is 56.8 Å². The number of halogens is 1. The first-order valence-electron chi connectivity index (χ1n) is 8.00. The molecule has 0 bridgehead atoms. The average molecular weight is 294 g/mol. The lowest BCUT2D eigenvalue weighted by molar-refractivity contribution is 0.242. The van der Waals surface area contributed by atoms with Crippen LogP contribution in [-0.2, 0) is 6.42 Å². The van der Waals surface area contributed by atoms with Gasteiger partial charge in [-0.3, -0.25) is 0 Å². The van der Waals surface area contributed by atoms with Crippen molar-refractivity contribution in [3.63, 3.8) is 0 Å². The van der Waals surface area contributed by atoms with Gasteiger partial charge in [0.05, 0.1) is 0 Å². The van der Waals surface area contributed by atoms with Crippen LogP contribution in [0.15, 0.2) is 0 Å². The fourth-order valence-corrected chi connectivity index (χ4v) is 4.03. The molecule has 0 radical (unpaired) electrons. The number of anilines is 1. The van der Waals surface area contributed by atoms with Crippen molar-refractivity contribution in [1.82, 2.24) is 9.97 Å². The maximum absolute atomic E-state index is 6.31. The average Bonchev–Trinajstić information content (AvgIpc) is 2.49. The summed E-state index contributed by atoms with van der Waals surface area (Å²) in [6.07, 6.45) is 8.97. The Morgan fingerprint density at radius 3 is 2.70 bits per heavy atom. The molecule has 2 heterocycles. The van der Waals surface area contributed by atoms with Crippen LogP contribution in [0.25, 0.3) is 0 Å². The normalized spacial score (nSPS) is 26.4. The molecule has 1 aliphatic heterocycles. The summed E-state index contributed by atoms with van der Waals surface area (Å²) in [5.74, 6) is 2.82. The summed E-state index contributed by atoms with van der Waals surface area (Å²) in [6.45, 7) is 5.27. The molecule has 1 aliphatic carbocycles. The molecule has 1 saturated heterocycles. The highest BCUT2D eigenvalue weighted by Gasteiger charge is 2.34. The maximum atomic E-state index is 6.31. The maximum Gasteiger partial charge on any atom is 0.137 e. The summed E-state index contributed by atoms with van der Waals surface area (Å²) < 4.78 is 0. The number of piperidine rings is 1. The molecule has 2 aliphatic rings. The third kappa shape index (κ3) is 2.52. The molecule has 1 aromatic rings. The first-order valence-corrected chi connectivity index (χ1v) is 8.38. The van der Waals surface area contributed by atoms with Gasteiger partial charge < -0.3 is 4.90 Å². The molecule has 110 valence electrons. The van der Waals surface area contributed by atoms with E-state index in [1.165, 1.54) is 38.5 Å². The van der Waals surface area contributed by atoms with E-state index in [4.69, 9.17) is 16.6 Å². The summed E-state index contributed by atoms with van der Waals surface area (Å²) >= 11 is 6.31. The van der Waals surface area contributed by atoms with Crippen LogP contribution < -0.4 is 4.90 Å². The highest BCUT2D eigenvalue weighted by molar-refractivity contribution is 6.30. The molecule has 1 saturated carbocycles. The predicted octanol–water partition coefficient (Wildman–Crippen LogP) is 4.16. The van der Waals surface area contributed by atoms with E-state index >= 15 is 0 Å². The van der Waals surface area contributed by atoms with E-state index in [2.05, 4.69) is 23.7 Å². The molecule has 2 atom stereocenters. The number of aromatic nitrogens is 2. The summed E-state index contributed by atoms with van der Waals surface area (Å²) in [5.41, 5.74) is 1.05. The van der Waals surface area contributed by atoms with Crippen LogP contribution in [-0.4, -0.2) is 22.6 Å². The Morgan fingerprint density at radius 2 is 1.90 bits per heavy atom. The Labute approximate surface area is 126 Å². The number of hydrogen-bond acceptors (Lipinski definition) is 3. The minimum atomic E-state index is 0.629. The van der Waals surface area contributed by atoms with Gasteiger partial charge in [0.25, 0.3) is 0 Å². The van der Waals surface area contributed by atoms with E-state index in [1.807, 2.05) is 0 Å². The Hall–Kier alpha value is -0.830. The summed E-state index contributed by atoms with van der Waals surface area (Å²) in [5, 5.41) is 0.629. The molecule has 0 N–H and O–H groups in total. The number of rotatable bonds is 2. The molecule has 4 heteroatoms. The second-order valence-electron chi connectivity index (χ2n) is 6.18. The van der Waals surface area contributed by atoms with Gasteiger partial charge in [0.15, 0.2) is 0 Å². The second kappa shape index (κ2) is 5.88. The Kier molecular flexibility index (Phi) is 4.16. The van der Waals surface area contributed by atoms with E-state index in [0.29, 0.717) is 11.2 Å². The largest absolute Gasteiger partial charge is 0.353 e. The molecule has 0 spiro atoms. The van der Waals surface area contributed by atoms with Crippen molar-refractivity contribution < 1.29 is 0 Å². The zero-order valence-electron chi connectivity index (χ0n) is 12.5. The van der Waals surface area contributed by atoms with Gasteiger partial charge in [-0.1, -0.05) is 31.4 Å². The predicted molar refractivity (Wildman–Crippen MR) is 83.5 cm³/mol. The molecule has 2 fully saturated rings. The van der Waals surface area contributed by atoms with Gasteiger partial charge in [0.1, 0.15) is 16.8 Å². The topological polar surface area (TPSA) is 29.0 Å². The molecule has 20 heavy (non-hydrogen) atoms. The van der Waals surface area contributed by atoms with Gasteiger partial charge in [-0.05, 0) is 38.5 Å². The minimum absolute atomic E-state index is 0.629. The summed E-state index contributed by atoms with van der Waals surface area (Å²) in [7, 11) is 0.